The Hall–Kier alpha value is -2.37. The van der Waals surface area contributed by atoms with E-state index < -0.39 is 0 Å². The lowest BCUT2D eigenvalue weighted by Crippen LogP contribution is -2.54. The minimum atomic E-state index is -0.342. The van der Waals surface area contributed by atoms with E-state index in [1.165, 1.54) is 0 Å². The number of hydrogen-bond acceptors (Lipinski definition) is 3. The van der Waals surface area contributed by atoms with Crippen LogP contribution in [0.1, 0.15) is 23.2 Å². The molecule has 3 rings (SSSR count). The lowest BCUT2D eigenvalue weighted by molar-refractivity contribution is -0.121. The third-order valence-electron chi connectivity index (χ3n) is 4.00. The van der Waals surface area contributed by atoms with Crippen molar-refractivity contribution in [2.45, 2.75) is 18.9 Å². The van der Waals surface area contributed by atoms with E-state index in [9.17, 15) is 14.4 Å². The van der Waals surface area contributed by atoms with Crippen molar-refractivity contribution in [1.29, 1.82) is 0 Å². The van der Waals surface area contributed by atoms with Crippen LogP contribution in [0.3, 0.4) is 0 Å². The molecule has 6 nitrogen and oxygen atoms in total. The Morgan fingerprint density at radius 2 is 1.90 bits per heavy atom. The fraction of sp³-hybridized carbons (Fsp3) is 0.400. The number of amides is 4. The van der Waals surface area contributed by atoms with Gasteiger partial charge in [-0.1, -0.05) is 18.2 Å². The number of nitrogens with one attached hydrogen (secondary N) is 1. The Morgan fingerprint density at radius 1 is 1.14 bits per heavy atom. The van der Waals surface area contributed by atoms with Crippen molar-refractivity contribution >= 4 is 17.8 Å². The number of rotatable bonds is 2. The molecule has 6 heteroatoms. The molecule has 1 atom stereocenters. The largest absolute Gasteiger partial charge is 0.337 e. The summed E-state index contributed by atoms with van der Waals surface area (Å²) in [6, 6.07) is 8.79. The Kier molecular flexibility index (Phi) is 3.60. The minimum absolute atomic E-state index is 0.00778. The van der Waals surface area contributed by atoms with Crippen LogP contribution in [0.4, 0.5) is 4.79 Å². The maximum absolute atomic E-state index is 12.4. The lowest BCUT2D eigenvalue weighted by Gasteiger charge is -2.31. The molecule has 0 aliphatic carbocycles. The number of carbonyl (C=O) groups excluding carboxylic acids is 3. The Balaban J connectivity index is 1.64. The quantitative estimate of drug-likeness (QED) is 0.876. The molecule has 0 radical (unpaired) electrons. The van der Waals surface area contributed by atoms with Crippen molar-refractivity contribution < 1.29 is 14.4 Å². The Morgan fingerprint density at radius 3 is 2.62 bits per heavy atom. The summed E-state index contributed by atoms with van der Waals surface area (Å²) >= 11 is 0. The average Bonchev–Trinajstić information content (AvgIpc) is 2.97. The first kappa shape index (κ1) is 13.6. The summed E-state index contributed by atoms with van der Waals surface area (Å²) in [4.78, 5) is 38.8. The molecule has 0 aromatic heterocycles. The van der Waals surface area contributed by atoms with E-state index in [0.717, 1.165) is 6.42 Å². The first-order chi connectivity index (χ1) is 10.1. The van der Waals surface area contributed by atoms with Gasteiger partial charge in [0.25, 0.3) is 5.91 Å². The number of likely N-dealkylation sites (tertiary alicyclic amines) is 1. The van der Waals surface area contributed by atoms with Gasteiger partial charge < -0.3 is 9.80 Å². The normalized spacial score (nSPS) is 22.4. The van der Waals surface area contributed by atoms with Gasteiger partial charge in [0.05, 0.1) is 6.04 Å². The number of urea groups is 1. The summed E-state index contributed by atoms with van der Waals surface area (Å²) < 4.78 is 0. The number of hydrogen-bond donors (Lipinski definition) is 1. The molecule has 0 bridgehead atoms. The van der Waals surface area contributed by atoms with Gasteiger partial charge in [-0.25, -0.2) is 4.79 Å². The second kappa shape index (κ2) is 5.55. The molecule has 1 aromatic rings. The minimum Gasteiger partial charge on any atom is -0.337 e. The molecule has 2 aliphatic heterocycles. The van der Waals surface area contributed by atoms with Crippen LogP contribution in [-0.2, 0) is 4.79 Å². The Bertz CT molecular complexity index is 573. The van der Waals surface area contributed by atoms with E-state index in [0.29, 0.717) is 31.6 Å². The monoisotopic (exact) mass is 287 g/mol. The van der Waals surface area contributed by atoms with Gasteiger partial charge in [0.2, 0.25) is 5.91 Å². The van der Waals surface area contributed by atoms with Crippen LogP contribution in [0.15, 0.2) is 30.3 Å². The summed E-state index contributed by atoms with van der Waals surface area (Å²) in [5, 5.41) is 2.33. The van der Waals surface area contributed by atoms with E-state index in [1.54, 1.807) is 21.9 Å². The molecule has 110 valence electrons. The van der Waals surface area contributed by atoms with Crippen LogP contribution >= 0.6 is 0 Å². The van der Waals surface area contributed by atoms with Crippen LogP contribution < -0.4 is 5.32 Å². The van der Waals surface area contributed by atoms with E-state index >= 15 is 0 Å². The third-order valence-corrected chi connectivity index (χ3v) is 4.00. The summed E-state index contributed by atoms with van der Waals surface area (Å²) in [5.74, 6) is -0.238. The van der Waals surface area contributed by atoms with Crippen molar-refractivity contribution in [3.05, 3.63) is 35.9 Å². The first-order valence-electron chi connectivity index (χ1n) is 7.10. The smallest absolute Gasteiger partial charge is 0.324 e. The van der Waals surface area contributed by atoms with Crippen LogP contribution in [0.25, 0.3) is 0 Å². The SMILES string of the molecule is O=C1CCN([C@H]2CCN(C(=O)c3ccccc3)C2)C(=O)N1. The maximum atomic E-state index is 12.4. The predicted octanol–water partition coefficient (Wildman–Crippen LogP) is 0.843. The van der Waals surface area contributed by atoms with E-state index in [1.807, 2.05) is 18.2 Å². The molecule has 2 saturated heterocycles. The van der Waals surface area contributed by atoms with Crippen molar-refractivity contribution in [2.75, 3.05) is 19.6 Å². The van der Waals surface area contributed by atoms with Crippen molar-refractivity contribution in [2.24, 2.45) is 0 Å². The van der Waals surface area contributed by atoms with E-state index in [-0.39, 0.29) is 23.9 Å². The summed E-state index contributed by atoms with van der Waals surface area (Å²) in [5.41, 5.74) is 0.663. The van der Waals surface area contributed by atoms with Gasteiger partial charge in [-0.05, 0) is 18.6 Å². The summed E-state index contributed by atoms with van der Waals surface area (Å²) in [6.07, 6.45) is 1.08. The maximum Gasteiger partial charge on any atom is 0.324 e. The first-order valence-corrected chi connectivity index (χ1v) is 7.10. The molecule has 2 heterocycles. The lowest BCUT2D eigenvalue weighted by atomic mass is 10.2. The number of imide groups is 1. The number of benzene rings is 1. The molecule has 1 aromatic carbocycles. The van der Waals surface area contributed by atoms with Crippen LogP contribution in [0.5, 0.6) is 0 Å². The van der Waals surface area contributed by atoms with Crippen LogP contribution in [0.2, 0.25) is 0 Å². The zero-order chi connectivity index (χ0) is 14.8. The van der Waals surface area contributed by atoms with Crippen molar-refractivity contribution in [1.82, 2.24) is 15.1 Å². The highest BCUT2D eigenvalue weighted by atomic mass is 16.2. The fourth-order valence-corrected chi connectivity index (χ4v) is 2.87. The highest BCUT2D eigenvalue weighted by Gasteiger charge is 2.35. The van der Waals surface area contributed by atoms with Gasteiger partial charge in [0, 0.05) is 31.6 Å². The van der Waals surface area contributed by atoms with E-state index in [4.69, 9.17) is 0 Å². The average molecular weight is 287 g/mol. The molecule has 2 fully saturated rings. The highest BCUT2D eigenvalue weighted by Crippen LogP contribution is 2.19. The highest BCUT2D eigenvalue weighted by molar-refractivity contribution is 5.97. The molecular formula is C15H17N3O3. The molecule has 1 N–H and O–H groups in total. The van der Waals surface area contributed by atoms with Gasteiger partial charge >= 0.3 is 6.03 Å². The Labute approximate surface area is 122 Å². The van der Waals surface area contributed by atoms with Crippen molar-refractivity contribution in [3.8, 4) is 0 Å². The fourth-order valence-electron chi connectivity index (χ4n) is 2.87. The topological polar surface area (TPSA) is 69.7 Å². The summed E-state index contributed by atoms with van der Waals surface area (Å²) in [7, 11) is 0. The summed E-state index contributed by atoms with van der Waals surface area (Å²) in [6.45, 7) is 1.59. The van der Waals surface area contributed by atoms with Crippen LogP contribution in [0, 0.1) is 0 Å². The second-order valence-electron chi connectivity index (χ2n) is 5.36. The standard InChI is InChI=1S/C15H17N3O3/c19-13-7-9-18(15(21)16-13)12-6-8-17(10-12)14(20)11-4-2-1-3-5-11/h1-5,12H,6-10H2,(H,16,19,21)/t12-/m0/s1. The van der Waals surface area contributed by atoms with Gasteiger partial charge in [-0.3, -0.25) is 14.9 Å². The molecule has 21 heavy (non-hydrogen) atoms. The molecular weight excluding hydrogens is 270 g/mol. The molecule has 0 unspecified atom stereocenters. The number of nitrogens with zero attached hydrogens (tertiary/aromatic N) is 2. The van der Waals surface area contributed by atoms with Crippen LogP contribution in [-0.4, -0.2) is 53.3 Å². The zero-order valence-electron chi connectivity index (χ0n) is 11.6. The van der Waals surface area contributed by atoms with Gasteiger partial charge in [0.1, 0.15) is 0 Å². The predicted molar refractivity (Wildman–Crippen MR) is 75.6 cm³/mol. The van der Waals surface area contributed by atoms with Crippen molar-refractivity contribution in [3.63, 3.8) is 0 Å². The van der Waals surface area contributed by atoms with Gasteiger partial charge in [-0.2, -0.15) is 0 Å². The van der Waals surface area contributed by atoms with E-state index in [2.05, 4.69) is 5.32 Å². The molecule has 0 spiro atoms. The molecule has 2 aliphatic rings. The zero-order valence-corrected chi connectivity index (χ0v) is 11.6. The van der Waals surface area contributed by atoms with Gasteiger partial charge in [0.15, 0.2) is 0 Å². The number of carbonyl (C=O) groups is 3. The van der Waals surface area contributed by atoms with Gasteiger partial charge in [-0.15, -0.1) is 0 Å². The molecule has 4 amide bonds. The molecule has 0 saturated carbocycles. The third kappa shape index (κ3) is 2.74. The second-order valence-corrected chi connectivity index (χ2v) is 5.36.